The van der Waals surface area contributed by atoms with E-state index < -0.39 is 0 Å². The normalized spacial score (nSPS) is 10.4. The predicted molar refractivity (Wildman–Crippen MR) is 111 cm³/mol. The summed E-state index contributed by atoms with van der Waals surface area (Å²) in [5.74, 6) is 1.14. The van der Waals surface area contributed by atoms with Crippen LogP contribution >= 0.6 is 0 Å². The number of rotatable bonds is 10. The summed E-state index contributed by atoms with van der Waals surface area (Å²) >= 11 is 0. The minimum Gasteiger partial charge on any atom is -0.496 e. The molecular weight excluding hydrogens is 372 g/mol. The van der Waals surface area contributed by atoms with Crippen molar-refractivity contribution < 1.29 is 23.8 Å². The highest BCUT2D eigenvalue weighted by atomic mass is 16.5. The molecule has 0 aliphatic carbocycles. The second-order valence-electron chi connectivity index (χ2n) is 6.69. The van der Waals surface area contributed by atoms with Gasteiger partial charge in [0.05, 0.1) is 14.2 Å². The molecule has 2 rings (SSSR count). The second-order valence-corrected chi connectivity index (χ2v) is 6.69. The van der Waals surface area contributed by atoms with Gasteiger partial charge < -0.3 is 24.8 Å². The molecule has 29 heavy (non-hydrogen) atoms. The van der Waals surface area contributed by atoms with Gasteiger partial charge in [-0.25, -0.2) is 0 Å². The van der Waals surface area contributed by atoms with E-state index in [2.05, 4.69) is 10.6 Å². The highest BCUT2D eigenvalue weighted by Crippen LogP contribution is 2.28. The molecule has 0 spiro atoms. The highest BCUT2D eigenvalue weighted by Gasteiger charge is 2.13. The van der Waals surface area contributed by atoms with Crippen molar-refractivity contribution in [2.75, 3.05) is 27.4 Å². The maximum Gasteiger partial charge on any atom is 0.258 e. The van der Waals surface area contributed by atoms with Gasteiger partial charge >= 0.3 is 0 Å². The largest absolute Gasteiger partial charge is 0.496 e. The molecule has 0 bridgehead atoms. The standard InChI is InChI=1S/C22H28N2O5/c1-15(2)24-21(25)14-29-19-10-9-17(13-20(19)28-4)22(26)23-12-11-16-7-5-6-8-18(16)27-3/h5-10,13,15H,11-12,14H2,1-4H3,(H,23,26)(H,24,25). The summed E-state index contributed by atoms with van der Waals surface area (Å²) in [7, 11) is 3.11. The van der Waals surface area contributed by atoms with Gasteiger partial charge in [-0.05, 0) is 50.1 Å². The smallest absolute Gasteiger partial charge is 0.258 e. The molecule has 0 radical (unpaired) electrons. The lowest BCUT2D eigenvalue weighted by Gasteiger charge is -2.13. The first kappa shape index (κ1) is 22.1. The average Bonchev–Trinajstić information content (AvgIpc) is 2.71. The third kappa shape index (κ3) is 6.71. The molecule has 2 aromatic carbocycles. The SMILES string of the molecule is COc1ccccc1CCNC(=O)c1ccc(OCC(=O)NC(C)C)c(OC)c1. The van der Waals surface area contributed by atoms with Crippen LogP contribution in [0.3, 0.4) is 0 Å². The predicted octanol–water partition coefficient (Wildman–Crippen LogP) is 2.58. The van der Waals surface area contributed by atoms with Gasteiger partial charge in [-0.15, -0.1) is 0 Å². The van der Waals surface area contributed by atoms with Crippen LogP contribution in [0, 0.1) is 0 Å². The fourth-order valence-electron chi connectivity index (χ4n) is 2.76. The van der Waals surface area contributed by atoms with E-state index in [0.29, 0.717) is 30.0 Å². The average molecular weight is 400 g/mol. The molecule has 2 amide bonds. The fourth-order valence-corrected chi connectivity index (χ4v) is 2.76. The molecule has 0 heterocycles. The number of hydrogen-bond donors (Lipinski definition) is 2. The van der Waals surface area contributed by atoms with Gasteiger partial charge in [-0.3, -0.25) is 9.59 Å². The van der Waals surface area contributed by atoms with E-state index in [9.17, 15) is 9.59 Å². The second kappa shape index (κ2) is 10.9. The van der Waals surface area contributed by atoms with Crippen molar-refractivity contribution in [3.63, 3.8) is 0 Å². The zero-order valence-electron chi connectivity index (χ0n) is 17.3. The Morgan fingerprint density at radius 2 is 1.69 bits per heavy atom. The molecule has 0 aliphatic rings. The molecule has 7 heteroatoms. The molecule has 156 valence electrons. The number of carbonyl (C=O) groups is 2. The number of carbonyl (C=O) groups excluding carboxylic acids is 2. The summed E-state index contributed by atoms with van der Waals surface area (Å²) in [5, 5.41) is 5.63. The molecule has 0 fully saturated rings. The number of methoxy groups -OCH3 is 2. The Labute approximate surface area is 171 Å². The number of ether oxygens (including phenoxy) is 3. The maximum absolute atomic E-state index is 12.5. The Bertz CT molecular complexity index is 836. The van der Waals surface area contributed by atoms with E-state index in [1.165, 1.54) is 7.11 Å². The zero-order chi connectivity index (χ0) is 21.2. The summed E-state index contributed by atoms with van der Waals surface area (Å²) in [6.45, 7) is 4.09. The van der Waals surface area contributed by atoms with Crippen LogP contribution in [0.2, 0.25) is 0 Å². The third-order valence-electron chi connectivity index (χ3n) is 4.11. The van der Waals surface area contributed by atoms with Crippen molar-refractivity contribution in [2.24, 2.45) is 0 Å². The first-order chi connectivity index (χ1) is 13.9. The van der Waals surface area contributed by atoms with Crippen LogP contribution in [-0.4, -0.2) is 45.2 Å². The lowest BCUT2D eigenvalue weighted by atomic mass is 10.1. The molecule has 0 atom stereocenters. The number of para-hydroxylation sites is 1. The Morgan fingerprint density at radius 3 is 2.38 bits per heavy atom. The van der Waals surface area contributed by atoms with E-state index in [1.54, 1.807) is 25.3 Å². The summed E-state index contributed by atoms with van der Waals surface area (Å²) < 4.78 is 16.1. The quantitative estimate of drug-likeness (QED) is 0.640. The molecule has 0 unspecified atom stereocenters. The van der Waals surface area contributed by atoms with Gasteiger partial charge in [0.1, 0.15) is 5.75 Å². The summed E-state index contributed by atoms with van der Waals surface area (Å²) in [5.41, 5.74) is 1.47. The summed E-state index contributed by atoms with van der Waals surface area (Å²) in [6.07, 6.45) is 0.652. The topological polar surface area (TPSA) is 85.9 Å². The first-order valence-corrected chi connectivity index (χ1v) is 9.45. The van der Waals surface area contributed by atoms with Gasteiger partial charge in [0.2, 0.25) is 0 Å². The van der Waals surface area contributed by atoms with Crippen molar-refractivity contribution in [1.29, 1.82) is 0 Å². The number of hydrogen-bond acceptors (Lipinski definition) is 5. The first-order valence-electron chi connectivity index (χ1n) is 9.45. The highest BCUT2D eigenvalue weighted by molar-refractivity contribution is 5.94. The summed E-state index contributed by atoms with van der Waals surface area (Å²) in [4.78, 5) is 24.2. The van der Waals surface area contributed by atoms with Crippen LogP contribution in [0.5, 0.6) is 17.2 Å². The van der Waals surface area contributed by atoms with E-state index in [-0.39, 0.29) is 24.5 Å². The van der Waals surface area contributed by atoms with E-state index in [0.717, 1.165) is 11.3 Å². The molecule has 2 N–H and O–H groups in total. The molecular formula is C22H28N2O5. The molecule has 7 nitrogen and oxygen atoms in total. The van der Waals surface area contributed by atoms with Gasteiger partial charge in [-0.1, -0.05) is 18.2 Å². The number of benzene rings is 2. The Kier molecular flexibility index (Phi) is 8.33. The van der Waals surface area contributed by atoms with Gasteiger partial charge in [0.15, 0.2) is 18.1 Å². The Morgan fingerprint density at radius 1 is 0.966 bits per heavy atom. The molecule has 0 saturated carbocycles. The van der Waals surface area contributed by atoms with Crippen LogP contribution in [0.4, 0.5) is 0 Å². The fraction of sp³-hybridized carbons (Fsp3) is 0.364. The van der Waals surface area contributed by atoms with Crippen LogP contribution in [0.15, 0.2) is 42.5 Å². The van der Waals surface area contributed by atoms with E-state index >= 15 is 0 Å². The Hall–Kier alpha value is -3.22. The van der Waals surface area contributed by atoms with Crippen molar-refractivity contribution in [2.45, 2.75) is 26.3 Å². The lowest BCUT2D eigenvalue weighted by Crippen LogP contribution is -2.34. The molecule has 0 aromatic heterocycles. The van der Waals surface area contributed by atoms with Crippen LogP contribution < -0.4 is 24.8 Å². The van der Waals surface area contributed by atoms with Crippen LogP contribution in [-0.2, 0) is 11.2 Å². The minimum absolute atomic E-state index is 0.0370. The van der Waals surface area contributed by atoms with E-state index in [1.807, 2.05) is 38.1 Å². The summed E-state index contributed by atoms with van der Waals surface area (Å²) in [6, 6.07) is 12.6. The van der Waals surface area contributed by atoms with Crippen LogP contribution in [0.25, 0.3) is 0 Å². The van der Waals surface area contributed by atoms with Crippen molar-refractivity contribution in [3.8, 4) is 17.2 Å². The van der Waals surface area contributed by atoms with Crippen LogP contribution in [0.1, 0.15) is 29.8 Å². The van der Waals surface area contributed by atoms with Crippen molar-refractivity contribution >= 4 is 11.8 Å². The lowest BCUT2D eigenvalue weighted by molar-refractivity contribution is -0.123. The zero-order valence-corrected chi connectivity index (χ0v) is 17.3. The maximum atomic E-state index is 12.5. The number of amides is 2. The molecule has 2 aromatic rings. The minimum atomic E-state index is -0.222. The van der Waals surface area contributed by atoms with Crippen molar-refractivity contribution in [3.05, 3.63) is 53.6 Å². The monoisotopic (exact) mass is 400 g/mol. The Balaban J connectivity index is 1.94. The van der Waals surface area contributed by atoms with Gasteiger partial charge in [-0.2, -0.15) is 0 Å². The van der Waals surface area contributed by atoms with E-state index in [4.69, 9.17) is 14.2 Å². The van der Waals surface area contributed by atoms with Gasteiger partial charge in [0.25, 0.3) is 11.8 Å². The van der Waals surface area contributed by atoms with Gasteiger partial charge in [0, 0.05) is 18.2 Å². The molecule has 0 aliphatic heterocycles. The number of nitrogens with one attached hydrogen (secondary N) is 2. The van der Waals surface area contributed by atoms with Crippen molar-refractivity contribution in [1.82, 2.24) is 10.6 Å². The third-order valence-corrected chi connectivity index (χ3v) is 4.11. The molecule has 0 saturated heterocycles.